The Labute approximate surface area is 107 Å². The van der Waals surface area contributed by atoms with Crippen LogP contribution in [0, 0.1) is 0 Å². The zero-order valence-electron chi connectivity index (χ0n) is 11.1. The van der Waals surface area contributed by atoms with Gasteiger partial charge < -0.3 is 5.73 Å². The lowest BCUT2D eigenvalue weighted by molar-refractivity contribution is 0.603. The van der Waals surface area contributed by atoms with Gasteiger partial charge in [0.25, 0.3) is 0 Å². The monoisotopic (exact) mass is 245 g/mol. The lowest BCUT2D eigenvalue weighted by Crippen LogP contribution is -2.06. The lowest BCUT2D eigenvalue weighted by atomic mass is 10.0. The lowest BCUT2D eigenvalue weighted by Gasteiger charge is -2.12. The van der Waals surface area contributed by atoms with Crippen molar-refractivity contribution in [3.8, 4) is 11.3 Å². The van der Waals surface area contributed by atoms with Crippen molar-refractivity contribution >= 4 is 5.82 Å². The largest absolute Gasteiger partial charge is 0.384 e. The smallest absolute Gasteiger partial charge is 0.134 e. The first-order chi connectivity index (χ1) is 8.63. The molecule has 2 rings (SSSR count). The zero-order valence-corrected chi connectivity index (χ0v) is 11.1. The molecule has 18 heavy (non-hydrogen) atoms. The molecule has 0 amide bonds. The quantitative estimate of drug-likeness (QED) is 0.897. The summed E-state index contributed by atoms with van der Waals surface area (Å²) in [6.07, 6.45) is 5.76. The number of hydrogen-bond acceptors (Lipinski definition) is 4. The van der Waals surface area contributed by atoms with E-state index in [9.17, 15) is 0 Å². The molecule has 5 nitrogen and oxygen atoms in total. The van der Waals surface area contributed by atoms with Gasteiger partial charge in [-0.05, 0) is 12.8 Å². The van der Waals surface area contributed by atoms with E-state index in [2.05, 4.69) is 28.9 Å². The van der Waals surface area contributed by atoms with E-state index in [1.54, 1.807) is 16.9 Å². The molecule has 2 N–H and O–H groups in total. The summed E-state index contributed by atoms with van der Waals surface area (Å²) in [4.78, 5) is 8.96. The van der Waals surface area contributed by atoms with Crippen LogP contribution < -0.4 is 5.73 Å². The molecule has 96 valence electrons. The van der Waals surface area contributed by atoms with Gasteiger partial charge in [-0.1, -0.05) is 13.8 Å². The second-order valence-corrected chi connectivity index (χ2v) is 4.45. The van der Waals surface area contributed by atoms with Crippen LogP contribution in [0.5, 0.6) is 0 Å². The molecule has 0 saturated heterocycles. The Morgan fingerprint density at radius 3 is 2.56 bits per heavy atom. The summed E-state index contributed by atoms with van der Waals surface area (Å²) in [5.74, 6) is 1.72. The van der Waals surface area contributed by atoms with Crippen LogP contribution in [0.3, 0.4) is 0 Å². The van der Waals surface area contributed by atoms with Crippen LogP contribution in [-0.2, 0) is 7.05 Å². The molecule has 2 aromatic rings. The van der Waals surface area contributed by atoms with Crippen molar-refractivity contribution in [2.75, 3.05) is 5.73 Å². The first kappa shape index (κ1) is 12.5. The molecule has 0 saturated carbocycles. The summed E-state index contributed by atoms with van der Waals surface area (Å²) in [5.41, 5.74) is 7.69. The fourth-order valence-corrected chi connectivity index (χ4v) is 2.02. The highest BCUT2D eigenvalue weighted by molar-refractivity contribution is 5.60. The van der Waals surface area contributed by atoms with Gasteiger partial charge in [0.15, 0.2) is 0 Å². The Morgan fingerprint density at radius 2 is 2.00 bits per heavy atom. The average molecular weight is 245 g/mol. The number of anilines is 1. The minimum Gasteiger partial charge on any atom is -0.384 e. The van der Waals surface area contributed by atoms with E-state index in [4.69, 9.17) is 5.73 Å². The number of aryl methyl sites for hydroxylation is 1. The molecule has 0 bridgehead atoms. The SMILES string of the molecule is CCC(CC)c1nc(N)cc(-c2cnn(C)c2)n1. The predicted molar refractivity (Wildman–Crippen MR) is 72.0 cm³/mol. The maximum absolute atomic E-state index is 5.87. The van der Waals surface area contributed by atoms with E-state index >= 15 is 0 Å². The number of hydrogen-bond donors (Lipinski definition) is 1. The fourth-order valence-electron chi connectivity index (χ4n) is 2.02. The van der Waals surface area contributed by atoms with Gasteiger partial charge in [0.1, 0.15) is 11.6 Å². The highest BCUT2D eigenvalue weighted by atomic mass is 15.2. The highest BCUT2D eigenvalue weighted by Gasteiger charge is 2.13. The van der Waals surface area contributed by atoms with E-state index in [0.29, 0.717) is 11.7 Å². The van der Waals surface area contributed by atoms with E-state index in [1.807, 2.05) is 13.2 Å². The second-order valence-electron chi connectivity index (χ2n) is 4.45. The number of nitrogens with two attached hydrogens (primary N) is 1. The average Bonchev–Trinajstić information content (AvgIpc) is 2.77. The molecule has 2 heterocycles. The Morgan fingerprint density at radius 1 is 1.28 bits per heavy atom. The Bertz CT molecular complexity index is 528. The van der Waals surface area contributed by atoms with Crippen molar-refractivity contribution in [2.45, 2.75) is 32.6 Å². The third kappa shape index (κ3) is 2.50. The van der Waals surface area contributed by atoms with Crippen LogP contribution in [-0.4, -0.2) is 19.7 Å². The third-order valence-electron chi connectivity index (χ3n) is 3.11. The number of aromatic nitrogens is 4. The molecule has 0 spiro atoms. The van der Waals surface area contributed by atoms with E-state index < -0.39 is 0 Å². The summed E-state index contributed by atoms with van der Waals surface area (Å²) in [5, 5.41) is 4.15. The number of nitrogens with zero attached hydrogens (tertiary/aromatic N) is 4. The van der Waals surface area contributed by atoms with Crippen LogP contribution in [0.1, 0.15) is 38.4 Å². The number of rotatable bonds is 4. The van der Waals surface area contributed by atoms with E-state index in [-0.39, 0.29) is 0 Å². The molecule has 0 unspecified atom stereocenters. The molecule has 2 aromatic heterocycles. The Balaban J connectivity index is 2.43. The van der Waals surface area contributed by atoms with Gasteiger partial charge in [0.2, 0.25) is 0 Å². The summed E-state index contributed by atoms with van der Waals surface area (Å²) in [7, 11) is 1.88. The van der Waals surface area contributed by atoms with Gasteiger partial charge >= 0.3 is 0 Å². The molecule has 0 aromatic carbocycles. The molecule has 0 radical (unpaired) electrons. The van der Waals surface area contributed by atoms with Gasteiger partial charge in [-0.2, -0.15) is 5.10 Å². The molecular weight excluding hydrogens is 226 g/mol. The van der Waals surface area contributed by atoms with Crippen LogP contribution in [0.2, 0.25) is 0 Å². The van der Waals surface area contributed by atoms with Gasteiger partial charge in [-0.3, -0.25) is 4.68 Å². The summed E-state index contributed by atoms with van der Waals surface area (Å²) >= 11 is 0. The Hall–Kier alpha value is -1.91. The standard InChI is InChI=1S/C13H19N5/c1-4-9(5-2)13-16-11(6-12(14)17-13)10-7-15-18(3)8-10/h6-9H,4-5H2,1-3H3,(H2,14,16,17). The molecule has 0 atom stereocenters. The minimum atomic E-state index is 0.365. The van der Waals surface area contributed by atoms with Gasteiger partial charge in [-0.25, -0.2) is 9.97 Å². The normalized spacial score (nSPS) is 11.1. The highest BCUT2D eigenvalue weighted by Crippen LogP contribution is 2.24. The summed E-state index contributed by atoms with van der Waals surface area (Å²) in [6, 6.07) is 1.79. The van der Waals surface area contributed by atoms with Crippen molar-refractivity contribution in [3.63, 3.8) is 0 Å². The van der Waals surface area contributed by atoms with Gasteiger partial charge in [0, 0.05) is 30.8 Å². The van der Waals surface area contributed by atoms with Gasteiger partial charge in [0.05, 0.1) is 11.9 Å². The maximum Gasteiger partial charge on any atom is 0.134 e. The van der Waals surface area contributed by atoms with E-state index in [0.717, 1.165) is 29.9 Å². The molecular formula is C13H19N5. The fraction of sp³-hybridized carbons (Fsp3) is 0.462. The first-order valence-corrected chi connectivity index (χ1v) is 6.27. The summed E-state index contributed by atoms with van der Waals surface area (Å²) in [6.45, 7) is 4.29. The van der Waals surface area contributed by atoms with E-state index in [1.165, 1.54) is 0 Å². The Kier molecular flexibility index (Phi) is 3.60. The number of nitrogen functional groups attached to an aromatic ring is 1. The molecule has 0 fully saturated rings. The van der Waals surface area contributed by atoms with Gasteiger partial charge in [-0.15, -0.1) is 0 Å². The van der Waals surface area contributed by atoms with Crippen molar-refractivity contribution < 1.29 is 0 Å². The van der Waals surface area contributed by atoms with Crippen LogP contribution in [0.4, 0.5) is 5.82 Å². The maximum atomic E-state index is 5.87. The zero-order chi connectivity index (χ0) is 13.1. The minimum absolute atomic E-state index is 0.365. The van der Waals surface area contributed by atoms with Crippen LogP contribution >= 0.6 is 0 Å². The summed E-state index contributed by atoms with van der Waals surface area (Å²) < 4.78 is 1.75. The van der Waals surface area contributed by atoms with Crippen LogP contribution in [0.25, 0.3) is 11.3 Å². The van der Waals surface area contributed by atoms with Crippen LogP contribution in [0.15, 0.2) is 18.5 Å². The molecule has 0 aliphatic heterocycles. The topological polar surface area (TPSA) is 69.6 Å². The van der Waals surface area contributed by atoms with Crippen molar-refractivity contribution in [3.05, 3.63) is 24.3 Å². The van der Waals surface area contributed by atoms with Crippen molar-refractivity contribution in [2.24, 2.45) is 7.05 Å². The molecule has 0 aliphatic carbocycles. The predicted octanol–water partition coefficient (Wildman–Crippen LogP) is 2.36. The molecule has 5 heteroatoms. The second kappa shape index (κ2) is 5.16. The molecule has 0 aliphatic rings. The van der Waals surface area contributed by atoms with Crippen molar-refractivity contribution in [1.82, 2.24) is 19.7 Å². The third-order valence-corrected chi connectivity index (χ3v) is 3.11. The van der Waals surface area contributed by atoms with Crippen molar-refractivity contribution in [1.29, 1.82) is 0 Å². The first-order valence-electron chi connectivity index (χ1n) is 6.27.